The first kappa shape index (κ1) is 27.3. The summed E-state index contributed by atoms with van der Waals surface area (Å²) < 4.78 is 31.0. The maximum absolute atomic E-state index is 13.8. The molecule has 1 fully saturated rings. The van der Waals surface area contributed by atoms with E-state index >= 15 is 0 Å². The molecule has 1 amide bonds. The molecule has 0 radical (unpaired) electrons. The number of piperidine rings is 1. The Balaban J connectivity index is 1.20. The number of carbonyl (C=O) groups is 2. The largest absolute Gasteiger partial charge is 0.341 e. The second-order valence-electron chi connectivity index (χ2n) is 10.6. The van der Waals surface area contributed by atoms with Gasteiger partial charge in [0, 0.05) is 42.5 Å². The van der Waals surface area contributed by atoms with E-state index in [1.165, 1.54) is 36.9 Å². The molecule has 0 aliphatic carbocycles. The van der Waals surface area contributed by atoms with E-state index in [2.05, 4.69) is 24.5 Å². The van der Waals surface area contributed by atoms with Crippen molar-refractivity contribution in [3.63, 3.8) is 0 Å². The Hall–Kier alpha value is -5.59. The minimum atomic E-state index is -0.721. The topological polar surface area (TPSA) is 127 Å². The van der Waals surface area contributed by atoms with E-state index in [-0.39, 0.29) is 35.5 Å². The number of ketones is 1. The highest BCUT2D eigenvalue weighted by molar-refractivity contribution is 5.97. The van der Waals surface area contributed by atoms with Crippen LogP contribution in [0, 0.1) is 11.8 Å². The number of imidazole rings is 3. The van der Waals surface area contributed by atoms with Gasteiger partial charge in [-0.1, -0.05) is 0 Å². The summed E-state index contributed by atoms with van der Waals surface area (Å²) in [5.74, 6) is -1.45. The van der Waals surface area contributed by atoms with Gasteiger partial charge in [-0.25, -0.2) is 28.8 Å². The number of rotatable bonds is 7. The number of nitrogens with zero attached hydrogens (tertiary/aromatic N) is 8. The highest BCUT2D eigenvalue weighted by Gasteiger charge is 2.28. The number of hydrogen-bond acceptors (Lipinski definition) is 7. The first-order chi connectivity index (χ1) is 21.4. The molecule has 7 rings (SSSR count). The Bertz CT molecular complexity index is 1980. The fourth-order valence-corrected chi connectivity index (χ4v) is 5.59. The van der Waals surface area contributed by atoms with Crippen molar-refractivity contribution in [1.82, 2.24) is 44.0 Å². The number of likely N-dealkylation sites (tertiary alicyclic amines) is 1. The summed E-state index contributed by atoms with van der Waals surface area (Å²) in [6.45, 7) is 1.11. The fraction of sp³-hybridized carbons (Fsp3) is 0.194. The standard InChI is InChI=1S/C31H25F2N9O2/c32-21-3-1-19(2-4-21)29-30(41(18-37-29)23-8-11-40(12-9-23)31(44)25-15-34-17-36-25)24-5-6-28-38-22(16-42(28)39-24)14-26(43)20-7-10-35-27(33)13-20/h1-7,10,13,15-18,23H,8-9,11-12,14H2,(H,34,36). The van der Waals surface area contributed by atoms with Gasteiger partial charge in [0.15, 0.2) is 11.4 Å². The Morgan fingerprint density at radius 2 is 1.82 bits per heavy atom. The van der Waals surface area contributed by atoms with Crippen LogP contribution in [0.5, 0.6) is 0 Å². The third-order valence-electron chi connectivity index (χ3n) is 7.79. The number of aromatic nitrogens is 8. The molecule has 6 heterocycles. The highest BCUT2D eigenvalue weighted by Crippen LogP contribution is 2.35. The molecule has 6 aromatic rings. The molecule has 1 saturated heterocycles. The van der Waals surface area contributed by atoms with Gasteiger partial charge in [-0.15, -0.1) is 0 Å². The van der Waals surface area contributed by atoms with Crippen LogP contribution >= 0.6 is 0 Å². The van der Waals surface area contributed by atoms with Crippen molar-refractivity contribution in [3.05, 3.63) is 108 Å². The molecule has 1 aromatic carbocycles. The van der Waals surface area contributed by atoms with E-state index in [9.17, 15) is 18.4 Å². The zero-order valence-corrected chi connectivity index (χ0v) is 23.3. The van der Waals surface area contributed by atoms with Crippen LogP contribution in [0.4, 0.5) is 8.78 Å². The van der Waals surface area contributed by atoms with Crippen LogP contribution in [0.2, 0.25) is 0 Å². The lowest BCUT2D eigenvalue weighted by Gasteiger charge is -2.33. The lowest BCUT2D eigenvalue weighted by Crippen LogP contribution is -2.39. The average molecular weight is 594 g/mol. The molecule has 0 spiro atoms. The molecule has 0 saturated carbocycles. The molecule has 1 aliphatic heterocycles. The molecule has 5 aromatic heterocycles. The van der Waals surface area contributed by atoms with E-state index < -0.39 is 5.95 Å². The number of carbonyl (C=O) groups excluding carboxylic acids is 2. The number of aromatic amines is 1. The van der Waals surface area contributed by atoms with Crippen molar-refractivity contribution in [1.29, 1.82) is 0 Å². The summed E-state index contributed by atoms with van der Waals surface area (Å²) in [5, 5.41) is 4.83. The molecule has 0 atom stereocenters. The number of hydrogen-bond donors (Lipinski definition) is 1. The van der Waals surface area contributed by atoms with Crippen LogP contribution in [0.15, 0.2) is 79.8 Å². The van der Waals surface area contributed by atoms with Gasteiger partial charge in [-0.3, -0.25) is 9.59 Å². The number of pyridine rings is 1. The third-order valence-corrected chi connectivity index (χ3v) is 7.79. The van der Waals surface area contributed by atoms with E-state index in [1.54, 1.807) is 40.1 Å². The van der Waals surface area contributed by atoms with E-state index in [4.69, 9.17) is 10.1 Å². The maximum atomic E-state index is 13.8. The van der Waals surface area contributed by atoms with Crippen molar-refractivity contribution in [2.24, 2.45) is 0 Å². The predicted molar refractivity (Wildman–Crippen MR) is 155 cm³/mol. The van der Waals surface area contributed by atoms with Crippen LogP contribution in [-0.4, -0.2) is 68.8 Å². The van der Waals surface area contributed by atoms with Crippen molar-refractivity contribution >= 4 is 17.3 Å². The third kappa shape index (κ3) is 5.23. The van der Waals surface area contributed by atoms with Crippen LogP contribution < -0.4 is 0 Å². The minimum Gasteiger partial charge on any atom is -0.341 e. The van der Waals surface area contributed by atoms with Gasteiger partial charge < -0.3 is 14.5 Å². The van der Waals surface area contributed by atoms with Gasteiger partial charge in [-0.2, -0.15) is 9.49 Å². The maximum Gasteiger partial charge on any atom is 0.271 e. The number of benzene rings is 1. The summed E-state index contributed by atoms with van der Waals surface area (Å²) in [6.07, 6.45) is 9.06. The van der Waals surface area contributed by atoms with Gasteiger partial charge in [0.2, 0.25) is 5.95 Å². The van der Waals surface area contributed by atoms with E-state index in [0.29, 0.717) is 54.4 Å². The van der Waals surface area contributed by atoms with E-state index in [1.807, 2.05) is 6.07 Å². The van der Waals surface area contributed by atoms with Gasteiger partial charge in [-0.05, 0) is 55.3 Å². The first-order valence-corrected chi connectivity index (χ1v) is 14.0. The summed E-state index contributed by atoms with van der Waals surface area (Å²) in [4.78, 5) is 47.0. The Morgan fingerprint density at radius 1 is 1.00 bits per heavy atom. The van der Waals surface area contributed by atoms with Gasteiger partial charge in [0.1, 0.15) is 17.2 Å². The zero-order chi connectivity index (χ0) is 30.2. The Kier molecular flexibility index (Phi) is 6.97. The second kappa shape index (κ2) is 11.2. The first-order valence-electron chi connectivity index (χ1n) is 14.0. The molecule has 1 N–H and O–H groups in total. The molecular weight excluding hydrogens is 568 g/mol. The molecule has 44 heavy (non-hydrogen) atoms. The van der Waals surface area contributed by atoms with Crippen molar-refractivity contribution in [2.75, 3.05) is 13.1 Å². The molecule has 11 nitrogen and oxygen atoms in total. The summed E-state index contributed by atoms with van der Waals surface area (Å²) in [6, 6.07) is 12.4. The number of Topliss-reactive ketones (excluding diaryl/α,β-unsaturated/α-hetero) is 1. The highest BCUT2D eigenvalue weighted by atomic mass is 19.1. The summed E-state index contributed by atoms with van der Waals surface area (Å²) in [5.41, 5.74) is 4.42. The summed E-state index contributed by atoms with van der Waals surface area (Å²) in [7, 11) is 0. The normalized spacial score (nSPS) is 13.9. The molecule has 0 bridgehead atoms. The number of fused-ring (bicyclic) bond motifs is 1. The smallest absolute Gasteiger partial charge is 0.271 e. The minimum absolute atomic E-state index is 0.0310. The average Bonchev–Trinajstić information content (AvgIpc) is 3.81. The number of amides is 1. The molecule has 13 heteroatoms. The number of H-pyrrole nitrogens is 1. The molecule has 0 unspecified atom stereocenters. The van der Waals surface area contributed by atoms with Crippen molar-refractivity contribution in [2.45, 2.75) is 25.3 Å². The fourth-order valence-electron chi connectivity index (χ4n) is 5.59. The van der Waals surface area contributed by atoms with Gasteiger partial charge in [0.05, 0.1) is 48.6 Å². The Morgan fingerprint density at radius 3 is 2.57 bits per heavy atom. The zero-order valence-electron chi connectivity index (χ0n) is 23.3. The summed E-state index contributed by atoms with van der Waals surface area (Å²) >= 11 is 0. The van der Waals surface area contributed by atoms with Crippen molar-refractivity contribution < 1.29 is 18.4 Å². The quantitative estimate of drug-likeness (QED) is 0.212. The SMILES string of the molecule is O=C(Cc1cn2nc(-c3c(-c4ccc(F)cc4)ncn3C3CCN(C(=O)c4cnc[nH]4)CC3)ccc2n1)c1ccnc(F)c1. The molecule has 220 valence electrons. The molecule has 1 aliphatic rings. The number of nitrogens with one attached hydrogen (secondary N) is 1. The lowest BCUT2D eigenvalue weighted by molar-refractivity contribution is 0.0689. The van der Waals surface area contributed by atoms with E-state index in [0.717, 1.165) is 17.3 Å². The number of halogens is 2. The Labute approximate surface area is 249 Å². The van der Waals surface area contributed by atoms with Crippen LogP contribution in [-0.2, 0) is 6.42 Å². The molecular formula is C31H25F2N9O2. The predicted octanol–water partition coefficient (Wildman–Crippen LogP) is 4.56. The lowest BCUT2D eigenvalue weighted by atomic mass is 10.0. The van der Waals surface area contributed by atoms with Crippen LogP contribution in [0.25, 0.3) is 28.3 Å². The van der Waals surface area contributed by atoms with Crippen LogP contribution in [0.1, 0.15) is 45.4 Å². The second-order valence-corrected chi connectivity index (χ2v) is 10.6. The monoisotopic (exact) mass is 593 g/mol. The van der Waals surface area contributed by atoms with Crippen LogP contribution in [0.3, 0.4) is 0 Å². The van der Waals surface area contributed by atoms with Crippen molar-refractivity contribution in [3.8, 4) is 22.6 Å². The van der Waals surface area contributed by atoms with Gasteiger partial charge in [0.25, 0.3) is 5.91 Å². The van der Waals surface area contributed by atoms with Gasteiger partial charge >= 0.3 is 0 Å².